The second-order valence-corrected chi connectivity index (χ2v) is 4.63. The van der Waals surface area contributed by atoms with Gasteiger partial charge in [0.05, 0.1) is 0 Å². The van der Waals surface area contributed by atoms with Crippen molar-refractivity contribution in [1.29, 1.82) is 0 Å². The molecule has 1 aromatic carbocycles. The first kappa shape index (κ1) is 12.2. The minimum atomic E-state index is -0.651. The molecular weight excluding hydrogens is 215 g/mol. The highest BCUT2D eigenvalue weighted by molar-refractivity contribution is 6.21. The Morgan fingerprint density at radius 1 is 1.40 bits per heavy atom. The van der Waals surface area contributed by atoms with E-state index in [1.165, 1.54) is 12.1 Å². The molecule has 82 valence electrons. The zero-order valence-corrected chi connectivity index (χ0v) is 9.86. The lowest BCUT2D eigenvalue weighted by Gasteiger charge is -2.19. The third-order valence-electron chi connectivity index (χ3n) is 2.25. The van der Waals surface area contributed by atoms with Gasteiger partial charge in [-0.05, 0) is 30.7 Å². The number of aryl methyl sites for hydroxylation is 1. The summed E-state index contributed by atoms with van der Waals surface area (Å²) in [6.45, 7) is 5.26. The summed E-state index contributed by atoms with van der Waals surface area (Å²) in [5.74, 6) is -0.287. The Balaban J connectivity index is 3.12. The summed E-state index contributed by atoms with van der Waals surface area (Å²) in [6.07, 6.45) is 0. The van der Waals surface area contributed by atoms with Gasteiger partial charge < -0.3 is 0 Å². The van der Waals surface area contributed by atoms with Crippen molar-refractivity contribution >= 4 is 17.4 Å². The van der Waals surface area contributed by atoms with Crippen LogP contribution in [0.4, 0.5) is 4.39 Å². The number of alkyl halides is 1. The Kier molecular flexibility index (Phi) is 3.50. The smallest absolute Gasteiger partial charge is 0.169 e. The summed E-state index contributed by atoms with van der Waals surface area (Å²) in [5.41, 5.74) is 0.476. The van der Waals surface area contributed by atoms with Crippen LogP contribution in [0.15, 0.2) is 18.2 Å². The Morgan fingerprint density at radius 2 is 2.00 bits per heavy atom. The number of carbonyl (C=O) groups excluding carboxylic acids is 1. The van der Waals surface area contributed by atoms with Gasteiger partial charge in [0.2, 0.25) is 0 Å². The van der Waals surface area contributed by atoms with Crippen LogP contribution in [0.25, 0.3) is 0 Å². The maximum Gasteiger partial charge on any atom is 0.169 e. The van der Waals surface area contributed by atoms with Gasteiger partial charge in [0.25, 0.3) is 0 Å². The first-order valence-electron chi connectivity index (χ1n) is 4.75. The predicted molar refractivity (Wildman–Crippen MR) is 60.0 cm³/mol. The first-order chi connectivity index (χ1) is 6.86. The van der Waals surface area contributed by atoms with Gasteiger partial charge in [-0.25, -0.2) is 4.39 Å². The number of hydrogen-bond acceptors (Lipinski definition) is 1. The largest absolute Gasteiger partial charge is 0.294 e. The number of halogens is 2. The van der Waals surface area contributed by atoms with E-state index in [0.29, 0.717) is 5.56 Å². The quantitative estimate of drug-likeness (QED) is 0.571. The average molecular weight is 229 g/mol. The number of hydrogen-bond donors (Lipinski definition) is 0. The Bertz CT molecular complexity index is 365. The molecule has 3 heteroatoms. The first-order valence-corrected chi connectivity index (χ1v) is 5.28. The molecule has 0 fully saturated rings. The zero-order chi connectivity index (χ0) is 11.6. The number of Topliss-reactive ketones (excluding diaryl/α,β-unsaturated/α-hetero) is 1. The minimum absolute atomic E-state index is 0.125. The van der Waals surface area contributed by atoms with E-state index in [-0.39, 0.29) is 17.5 Å². The second kappa shape index (κ2) is 4.31. The number of rotatable bonds is 3. The van der Waals surface area contributed by atoms with Crippen molar-refractivity contribution in [1.82, 2.24) is 0 Å². The number of benzene rings is 1. The highest BCUT2D eigenvalue weighted by Gasteiger charge is 2.27. The average Bonchev–Trinajstić information content (AvgIpc) is 2.15. The molecule has 15 heavy (non-hydrogen) atoms. The van der Waals surface area contributed by atoms with E-state index < -0.39 is 5.41 Å². The molecule has 0 saturated carbocycles. The molecule has 0 unspecified atom stereocenters. The van der Waals surface area contributed by atoms with E-state index in [1.807, 2.05) is 0 Å². The van der Waals surface area contributed by atoms with Gasteiger partial charge in [0, 0.05) is 16.9 Å². The predicted octanol–water partition coefficient (Wildman–Crippen LogP) is 3.58. The van der Waals surface area contributed by atoms with Gasteiger partial charge in [-0.15, -0.1) is 11.6 Å². The third-order valence-corrected chi connectivity index (χ3v) is 2.92. The standard InChI is InChI=1S/C12H14ClFO/c1-8-4-9(6-10(14)5-8)11(15)12(2,3)7-13/h4-6H,7H2,1-3H3. The van der Waals surface area contributed by atoms with E-state index in [1.54, 1.807) is 26.8 Å². The molecule has 0 aliphatic rings. The topological polar surface area (TPSA) is 17.1 Å². The molecule has 1 nitrogen and oxygen atoms in total. The van der Waals surface area contributed by atoms with Crippen molar-refractivity contribution in [2.75, 3.05) is 5.88 Å². The molecule has 1 rings (SSSR count). The maximum absolute atomic E-state index is 13.1. The van der Waals surface area contributed by atoms with Gasteiger partial charge in [-0.2, -0.15) is 0 Å². The summed E-state index contributed by atoms with van der Waals surface area (Å²) >= 11 is 5.70. The molecule has 0 amide bonds. The fraction of sp³-hybridized carbons (Fsp3) is 0.417. The number of ketones is 1. The van der Waals surface area contributed by atoms with Crippen molar-refractivity contribution in [3.05, 3.63) is 35.1 Å². The fourth-order valence-corrected chi connectivity index (χ4v) is 1.44. The lowest BCUT2D eigenvalue weighted by atomic mass is 9.86. The van der Waals surface area contributed by atoms with Crippen LogP contribution in [0.2, 0.25) is 0 Å². The highest BCUT2D eigenvalue weighted by Crippen LogP contribution is 2.24. The molecule has 0 heterocycles. The Morgan fingerprint density at radius 3 is 2.47 bits per heavy atom. The van der Waals surface area contributed by atoms with E-state index in [0.717, 1.165) is 5.56 Å². The van der Waals surface area contributed by atoms with Crippen LogP contribution in [0.5, 0.6) is 0 Å². The Labute approximate surface area is 94.3 Å². The van der Waals surface area contributed by atoms with Gasteiger partial charge in [-0.3, -0.25) is 4.79 Å². The van der Waals surface area contributed by atoms with Crippen LogP contribution in [0, 0.1) is 18.2 Å². The van der Waals surface area contributed by atoms with E-state index in [9.17, 15) is 9.18 Å². The fourth-order valence-electron chi connectivity index (χ4n) is 1.32. The van der Waals surface area contributed by atoms with Gasteiger partial charge in [0.15, 0.2) is 5.78 Å². The minimum Gasteiger partial charge on any atom is -0.294 e. The van der Waals surface area contributed by atoms with E-state index in [2.05, 4.69) is 0 Å². The molecule has 0 aromatic heterocycles. The van der Waals surface area contributed by atoms with Gasteiger partial charge >= 0.3 is 0 Å². The molecule has 0 saturated heterocycles. The summed E-state index contributed by atoms with van der Waals surface area (Å²) in [6, 6.07) is 4.33. The van der Waals surface area contributed by atoms with Crippen LogP contribution in [-0.2, 0) is 0 Å². The molecule has 0 aliphatic heterocycles. The van der Waals surface area contributed by atoms with Crippen LogP contribution in [-0.4, -0.2) is 11.7 Å². The summed E-state index contributed by atoms with van der Waals surface area (Å²) in [7, 11) is 0. The summed E-state index contributed by atoms with van der Waals surface area (Å²) in [4.78, 5) is 12.0. The van der Waals surface area contributed by atoms with E-state index >= 15 is 0 Å². The summed E-state index contributed by atoms with van der Waals surface area (Å²) in [5, 5.41) is 0. The van der Waals surface area contributed by atoms with Crippen LogP contribution in [0.1, 0.15) is 29.8 Å². The zero-order valence-electron chi connectivity index (χ0n) is 9.10. The molecular formula is C12H14ClFO. The second-order valence-electron chi connectivity index (χ2n) is 4.36. The van der Waals surface area contributed by atoms with Crippen molar-refractivity contribution in [2.45, 2.75) is 20.8 Å². The van der Waals surface area contributed by atoms with E-state index in [4.69, 9.17) is 11.6 Å². The Hall–Kier alpha value is -0.890. The molecule has 0 radical (unpaired) electrons. The molecule has 1 aromatic rings. The van der Waals surface area contributed by atoms with Gasteiger partial charge in [-0.1, -0.05) is 13.8 Å². The van der Waals surface area contributed by atoms with Crippen molar-refractivity contribution in [2.24, 2.45) is 5.41 Å². The van der Waals surface area contributed by atoms with Gasteiger partial charge in [0.1, 0.15) is 5.82 Å². The molecule has 0 N–H and O–H groups in total. The van der Waals surface area contributed by atoms with Crippen molar-refractivity contribution in [3.8, 4) is 0 Å². The number of carbonyl (C=O) groups is 1. The van der Waals surface area contributed by atoms with Crippen molar-refractivity contribution in [3.63, 3.8) is 0 Å². The van der Waals surface area contributed by atoms with Crippen LogP contribution in [0.3, 0.4) is 0 Å². The normalized spacial score (nSPS) is 11.5. The lowest BCUT2D eigenvalue weighted by Crippen LogP contribution is -2.26. The SMILES string of the molecule is Cc1cc(F)cc(C(=O)C(C)(C)CCl)c1. The molecule has 0 bridgehead atoms. The molecule has 0 spiro atoms. The third kappa shape index (κ3) is 2.78. The highest BCUT2D eigenvalue weighted by atomic mass is 35.5. The monoisotopic (exact) mass is 228 g/mol. The van der Waals surface area contributed by atoms with Crippen LogP contribution < -0.4 is 0 Å². The van der Waals surface area contributed by atoms with Crippen LogP contribution >= 0.6 is 11.6 Å². The molecule has 0 aliphatic carbocycles. The lowest BCUT2D eigenvalue weighted by molar-refractivity contribution is 0.0861. The maximum atomic E-state index is 13.1. The summed E-state index contributed by atoms with van der Waals surface area (Å²) < 4.78 is 13.1. The van der Waals surface area contributed by atoms with Crippen molar-refractivity contribution < 1.29 is 9.18 Å². The molecule has 0 atom stereocenters.